The molecule has 1 aromatic heterocycles. The van der Waals surface area contributed by atoms with E-state index in [0.717, 1.165) is 108 Å². The third kappa shape index (κ3) is 18.4. The molecule has 0 unspecified atom stereocenters. The van der Waals surface area contributed by atoms with E-state index in [1.165, 1.54) is 0 Å². The van der Waals surface area contributed by atoms with Crippen LogP contribution >= 0.6 is 0 Å². The Morgan fingerprint density at radius 2 is 1.09 bits per heavy atom. The molecular weight excluding hydrogens is 897 g/mol. The summed E-state index contributed by atoms with van der Waals surface area (Å²) >= 11 is 0. The molecule has 0 radical (unpaired) electrons. The van der Waals surface area contributed by atoms with Gasteiger partial charge in [0.15, 0.2) is 0 Å². The van der Waals surface area contributed by atoms with Gasteiger partial charge in [0, 0.05) is 83.0 Å². The van der Waals surface area contributed by atoms with Gasteiger partial charge in [0.05, 0.1) is 55.5 Å². The summed E-state index contributed by atoms with van der Waals surface area (Å²) in [5.74, 6) is -0.774. The zero-order valence-corrected chi connectivity index (χ0v) is 42.6. The van der Waals surface area contributed by atoms with Crippen molar-refractivity contribution in [2.75, 3.05) is 46.6 Å². The molecule has 392 valence electrons. The maximum absolute atomic E-state index is 13.0. The van der Waals surface area contributed by atoms with Gasteiger partial charge in [0.2, 0.25) is 29.5 Å². The Kier molecular flexibility index (Phi) is 22.2. The van der Waals surface area contributed by atoms with Gasteiger partial charge in [-0.05, 0) is 148 Å². The highest BCUT2D eigenvalue weighted by molar-refractivity contribution is 5.90. The van der Waals surface area contributed by atoms with Crippen molar-refractivity contribution in [2.24, 2.45) is 17.8 Å². The van der Waals surface area contributed by atoms with E-state index in [0.29, 0.717) is 65.2 Å². The fraction of sp³-hybridized carbons (Fsp3) is 0.792. The second kappa shape index (κ2) is 28.2. The standard InChI is InChI=1S/C53H84N6O11/c1-53(2,3)70-52(65)37-13-17-40(18-14-37)58-47(61)10-7-31-67-41-19-23-43(24-20-41)68-32-28-55-50(63)36-11-15-39(16-12-36)57-46(60)9-6-30-66-42-21-25-44(26-22-42)69-33-29-56-51(64)45-34-48(62)59(4)49(45)38-8-5-27-54-35-38/h5,8,27,35-37,39-45,49H,6-7,9-26,28-34H2,1-4H3,(H,55,63)(H,56,64)(H,57,60)(H,58,61)/t36?,37?,39?,40?,41?,42?,43?,44?,45-,49+/m0/s1. The molecule has 5 amide bonds. The summed E-state index contributed by atoms with van der Waals surface area (Å²) in [5.41, 5.74) is 0.375. The van der Waals surface area contributed by atoms with Crippen LogP contribution in [0.15, 0.2) is 24.5 Å². The minimum atomic E-state index is -0.479. The molecule has 4 saturated carbocycles. The Labute approximate surface area is 416 Å². The van der Waals surface area contributed by atoms with Gasteiger partial charge in [0.25, 0.3) is 0 Å². The number of ether oxygens (including phenoxy) is 5. The van der Waals surface area contributed by atoms with E-state index < -0.39 is 11.5 Å². The number of carbonyl (C=O) groups is 6. The molecule has 2 atom stereocenters. The summed E-state index contributed by atoms with van der Waals surface area (Å²) < 4.78 is 29.9. The van der Waals surface area contributed by atoms with Crippen LogP contribution in [0, 0.1) is 17.8 Å². The average Bonchev–Trinajstić information content (AvgIpc) is 3.65. The highest BCUT2D eigenvalue weighted by Gasteiger charge is 2.43. The van der Waals surface area contributed by atoms with Gasteiger partial charge in [-0.15, -0.1) is 0 Å². The highest BCUT2D eigenvalue weighted by Crippen LogP contribution is 2.37. The number of rotatable bonds is 24. The second-order valence-electron chi connectivity index (χ2n) is 21.4. The van der Waals surface area contributed by atoms with Gasteiger partial charge >= 0.3 is 5.97 Å². The van der Waals surface area contributed by atoms with E-state index in [-0.39, 0.29) is 96.3 Å². The van der Waals surface area contributed by atoms with Crippen LogP contribution in [0.1, 0.15) is 167 Å². The smallest absolute Gasteiger partial charge is 0.309 e. The number of amides is 5. The van der Waals surface area contributed by atoms with E-state index in [2.05, 4.69) is 26.3 Å². The van der Waals surface area contributed by atoms with Crippen molar-refractivity contribution in [1.29, 1.82) is 0 Å². The quantitative estimate of drug-likeness (QED) is 0.0718. The minimum absolute atomic E-state index is 0.0330. The Bertz CT molecular complexity index is 1800. The van der Waals surface area contributed by atoms with Crippen LogP contribution in [-0.4, -0.2) is 134 Å². The number of esters is 1. The molecule has 70 heavy (non-hydrogen) atoms. The number of likely N-dealkylation sites (tertiary alicyclic amines) is 1. The van der Waals surface area contributed by atoms with Crippen molar-refractivity contribution < 1.29 is 52.5 Å². The van der Waals surface area contributed by atoms with Crippen molar-refractivity contribution in [3.63, 3.8) is 0 Å². The SMILES string of the molecule is CN1C(=O)C[C@H](C(=O)NCCOC2CCC(OCCCC(=O)NC3CCC(C(=O)NCCOC4CCC(OCCCC(=O)NC5CCC(C(=O)OC(C)(C)C)CC5)CC4)CC3)CC2)[C@H]1c1cccnc1. The molecule has 0 spiro atoms. The van der Waals surface area contributed by atoms with E-state index in [9.17, 15) is 28.8 Å². The summed E-state index contributed by atoms with van der Waals surface area (Å²) in [6.45, 7) is 8.50. The summed E-state index contributed by atoms with van der Waals surface area (Å²) in [5, 5.41) is 12.3. The third-order valence-electron chi connectivity index (χ3n) is 14.8. The zero-order valence-electron chi connectivity index (χ0n) is 42.6. The van der Waals surface area contributed by atoms with Gasteiger partial charge in [-0.1, -0.05) is 6.07 Å². The van der Waals surface area contributed by atoms with E-state index in [4.69, 9.17) is 23.7 Å². The molecule has 2 heterocycles. The second-order valence-corrected chi connectivity index (χ2v) is 21.4. The molecule has 17 heteroatoms. The number of pyridine rings is 1. The number of aromatic nitrogens is 1. The van der Waals surface area contributed by atoms with Crippen LogP contribution in [0.3, 0.4) is 0 Å². The summed E-state index contributed by atoms with van der Waals surface area (Å²) in [6, 6.07) is 3.60. The monoisotopic (exact) mass is 981 g/mol. The van der Waals surface area contributed by atoms with Crippen LogP contribution in [0.5, 0.6) is 0 Å². The van der Waals surface area contributed by atoms with Crippen LogP contribution < -0.4 is 21.3 Å². The molecule has 5 fully saturated rings. The van der Waals surface area contributed by atoms with Gasteiger partial charge < -0.3 is 49.9 Å². The molecule has 4 N–H and O–H groups in total. The Balaban J connectivity index is 0.702. The van der Waals surface area contributed by atoms with Crippen LogP contribution in [0.2, 0.25) is 0 Å². The van der Waals surface area contributed by atoms with Gasteiger partial charge in [-0.2, -0.15) is 0 Å². The predicted octanol–water partition coefficient (Wildman–Crippen LogP) is 5.77. The lowest BCUT2D eigenvalue weighted by atomic mass is 9.85. The van der Waals surface area contributed by atoms with E-state index in [1.807, 2.05) is 32.9 Å². The lowest BCUT2D eigenvalue weighted by Gasteiger charge is -2.30. The van der Waals surface area contributed by atoms with Crippen molar-refractivity contribution >= 4 is 35.5 Å². The first kappa shape index (κ1) is 55.1. The van der Waals surface area contributed by atoms with Crippen molar-refractivity contribution in [2.45, 2.75) is 204 Å². The van der Waals surface area contributed by atoms with Gasteiger partial charge in [-0.25, -0.2) is 0 Å². The molecule has 6 rings (SSSR count). The van der Waals surface area contributed by atoms with Crippen LogP contribution in [0.25, 0.3) is 0 Å². The highest BCUT2D eigenvalue weighted by atomic mass is 16.6. The molecule has 1 saturated heterocycles. The number of hydrogen-bond acceptors (Lipinski definition) is 12. The fourth-order valence-electron chi connectivity index (χ4n) is 10.8. The number of carbonyl (C=O) groups excluding carboxylic acids is 6. The molecule has 1 aromatic rings. The molecule has 1 aliphatic heterocycles. The Hall–Kier alpha value is -4.19. The normalized spacial score (nSPS) is 28.4. The number of nitrogens with zero attached hydrogens (tertiary/aromatic N) is 2. The largest absolute Gasteiger partial charge is 0.460 e. The summed E-state index contributed by atoms with van der Waals surface area (Å²) in [6.07, 6.45) is 19.8. The maximum Gasteiger partial charge on any atom is 0.309 e. The summed E-state index contributed by atoms with van der Waals surface area (Å²) in [4.78, 5) is 81.8. The van der Waals surface area contributed by atoms with Crippen LogP contribution in [0.4, 0.5) is 0 Å². The average molecular weight is 981 g/mol. The predicted molar refractivity (Wildman–Crippen MR) is 262 cm³/mol. The number of hydrogen-bond donors (Lipinski definition) is 4. The molecule has 4 aliphatic carbocycles. The third-order valence-corrected chi connectivity index (χ3v) is 14.8. The molecule has 5 aliphatic rings. The molecular formula is C53H84N6O11. The van der Waals surface area contributed by atoms with Gasteiger partial charge in [-0.3, -0.25) is 33.8 Å². The maximum atomic E-state index is 13.0. The first-order chi connectivity index (χ1) is 33.7. The van der Waals surface area contributed by atoms with Crippen molar-refractivity contribution in [3.8, 4) is 0 Å². The molecule has 17 nitrogen and oxygen atoms in total. The minimum Gasteiger partial charge on any atom is -0.460 e. The summed E-state index contributed by atoms with van der Waals surface area (Å²) in [7, 11) is 1.73. The fourth-order valence-corrected chi connectivity index (χ4v) is 10.8. The van der Waals surface area contributed by atoms with E-state index in [1.54, 1.807) is 24.3 Å². The number of nitrogens with one attached hydrogen (secondary N) is 4. The molecule has 0 bridgehead atoms. The lowest BCUT2D eigenvalue weighted by Crippen LogP contribution is -2.41. The Morgan fingerprint density at radius 1 is 0.629 bits per heavy atom. The first-order valence-corrected chi connectivity index (χ1v) is 26.7. The van der Waals surface area contributed by atoms with Gasteiger partial charge in [0.1, 0.15) is 5.60 Å². The Morgan fingerprint density at radius 3 is 1.54 bits per heavy atom. The van der Waals surface area contributed by atoms with Crippen molar-refractivity contribution in [1.82, 2.24) is 31.2 Å². The molecule has 0 aromatic carbocycles. The lowest BCUT2D eigenvalue weighted by molar-refractivity contribution is -0.161. The zero-order chi connectivity index (χ0) is 49.9. The topological polar surface area (TPSA) is 213 Å². The van der Waals surface area contributed by atoms with Crippen LogP contribution in [-0.2, 0) is 52.5 Å². The van der Waals surface area contributed by atoms with E-state index >= 15 is 0 Å². The van der Waals surface area contributed by atoms with Crippen molar-refractivity contribution in [3.05, 3.63) is 30.1 Å². The first-order valence-electron chi connectivity index (χ1n) is 26.7.